The third kappa shape index (κ3) is 4.15. The SMILES string of the molecule is C#CCCC(CC1CCCC1)NCC. The largest absolute Gasteiger partial charge is 0.314 e. The molecule has 1 saturated carbocycles. The number of terminal acetylenes is 1. The van der Waals surface area contributed by atoms with Crippen LogP contribution in [0.3, 0.4) is 0 Å². The predicted octanol–water partition coefficient (Wildman–Crippen LogP) is 2.96. The van der Waals surface area contributed by atoms with Gasteiger partial charge in [0.25, 0.3) is 0 Å². The van der Waals surface area contributed by atoms with Gasteiger partial charge in [0, 0.05) is 12.5 Å². The minimum Gasteiger partial charge on any atom is -0.314 e. The van der Waals surface area contributed by atoms with Gasteiger partial charge in [-0.05, 0) is 25.3 Å². The van der Waals surface area contributed by atoms with Crippen molar-refractivity contribution in [2.24, 2.45) is 5.92 Å². The maximum Gasteiger partial charge on any atom is 0.0101 e. The molecule has 1 nitrogen and oxygen atoms in total. The molecule has 0 spiro atoms. The normalized spacial score (nSPS) is 19.4. The van der Waals surface area contributed by atoms with Gasteiger partial charge in [0.1, 0.15) is 0 Å². The molecule has 1 fully saturated rings. The molecule has 0 heterocycles. The van der Waals surface area contributed by atoms with Crippen LogP contribution in [0.4, 0.5) is 0 Å². The van der Waals surface area contributed by atoms with Gasteiger partial charge in [-0.25, -0.2) is 0 Å². The van der Waals surface area contributed by atoms with Gasteiger partial charge >= 0.3 is 0 Å². The summed E-state index contributed by atoms with van der Waals surface area (Å²) in [5.41, 5.74) is 0. The monoisotopic (exact) mass is 193 g/mol. The molecular weight excluding hydrogens is 170 g/mol. The van der Waals surface area contributed by atoms with E-state index < -0.39 is 0 Å². The zero-order chi connectivity index (χ0) is 10.2. The Labute approximate surface area is 88.7 Å². The van der Waals surface area contributed by atoms with Crippen molar-refractivity contribution in [1.29, 1.82) is 0 Å². The summed E-state index contributed by atoms with van der Waals surface area (Å²) in [4.78, 5) is 0. The number of rotatable bonds is 6. The van der Waals surface area contributed by atoms with Gasteiger partial charge in [0.05, 0.1) is 0 Å². The van der Waals surface area contributed by atoms with Crippen LogP contribution in [0.2, 0.25) is 0 Å². The van der Waals surface area contributed by atoms with Crippen LogP contribution in [0.5, 0.6) is 0 Å². The van der Waals surface area contributed by atoms with E-state index in [1.165, 1.54) is 32.1 Å². The lowest BCUT2D eigenvalue weighted by molar-refractivity contribution is 0.379. The molecule has 0 bridgehead atoms. The molecule has 1 atom stereocenters. The Morgan fingerprint density at radius 3 is 2.71 bits per heavy atom. The summed E-state index contributed by atoms with van der Waals surface area (Å²) in [5.74, 6) is 3.71. The second-order valence-electron chi connectivity index (χ2n) is 4.38. The van der Waals surface area contributed by atoms with E-state index in [4.69, 9.17) is 6.42 Å². The molecule has 0 aromatic heterocycles. The van der Waals surface area contributed by atoms with Crippen molar-refractivity contribution in [2.45, 2.75) is 57.9 Å². The summed E-state index contributed by atoms with van der Waals surface area (Å²) in [6.45, 7) is 3.25. The number of nitrogens with one attached hydrogen (secondary N) is 1. The van der Waals surface area contributed by atoms with Crippen LogP contribution in [0.15, 0.2) is 0 Å². The van der Waals surface area contributed by atoms with Gasteiger partial charge in [-0.1, -0.05) is 32.6 Å². The van der Waals surface area contributed by atoms with Crippen LogP contribution in [-0.4, -0.2) is 12.6 Å². The van der Waals surface area contributed by atoms with Gasteiger partial charge in [-0.15, -0.1) is 12.3 Å². The van der Waals surface area contributed by atoms with Crippen molar-refractivity contribution in [2.75, 3.05) is 6.54 Å². The van der Waals surface area contributed by atoms with Gasteiger partial charge < -0.3 is 5.32 Å². The first-order valence-corrected chi connectivity index (χ1v) is 6.03. The van der Waals surface area contributed by atoms with Crippen LogP contribution < -0.4 is 5.32 Å². The lowest BCUT2D eigenvalue weighted by atomic mass is 9.95. The van der Waals surface area contributed by atoms with Crippen molar-refractivity contribution in [3.63, 3.8) is 0 Å². The van der Waals surface area contributed by atoms with Gasteiger partial charge in [0.15, 0.2) is 0 Å². The van der Waals surface area contributed by atoms with Gasteiger partial charge in [-0.2, -0.15) is 0 Å². The Kier molecular flexibility index (Phi) is 5.71. The highest BCUT2D eigenvalue weighted by Gasteiger charge is 2.19. The first kappa shape index (κ1) is 11.6. The predicted molar refractivity (Wildman–Crippen MR) is 62.1 cm³/mol. The van der Waals surface area contributed by atoms with Crippen LogP contribution in [-0.2, 0) is 0 Å². The van der Waals surface area contributed by atoms with Crippen molar-refractivity contribution in [3.05, 3.63) is 0 Å². The smallest absolute Gasteiger partial charge is 0.0101 e. The molecule has 1 aliphatic rings. The first-order chi connectivity index (χ1) is 6.86. The summed E-state index contributed by atoms with van der Waals surface area (Å²) in [5, 5.41) is 3.55. The van der Waals surface area contributed by atoms with E-state index in [9.17, 15) is 0 Å². The molecule has 0 saturated heterocycles. The van der Waals surface area contributed by atoms with E-state index in [1.54, 1.807) is 0 Å². The molecule has 1 heteroatoms. The van der Waals surface area contributed by atoms with Crippen LogP contribution in [0.25, 0.3) is 0 Å². The summed E-state index contributed by atoms with van der Waals surface area (Å²) in [6.07, 6.45) is 14.5. The van der Waals surface area contributed by atoms with Crippen LogP contribution in [0.1, 0.15) is 51.9 Å². The Balaban J connectivity index is 2.22. The van der Waals surface area contributed by atoms with Crippen LogP contribution >= 0.6 is 0 Å². The fraction of sp³-hybridized carbons (Fsp3) is 0.846. The van der Waals surface area contributed by atoms with E-state index in [1.807, 2.05) is 0 Å². The average Bonchev–Trinajstić information content (AvgIpc) is 2.67. The van der Waals surface area contributed by atoms with Crippen LogP contribution in [0, 0.1) is 18.3 Å². The summed E-state index contributed by atoms with van der Waals surface area (Å²) < 4.78 is 0. The maximum atomic E-state index is 5.30. The highest BCUT2D eigenvalue weighted by molar-refractivity contribution is 4.86. The quantitative estimate of drug-likeness (QED) is 0.639. The lowest BCUT2D eigenvalue weighted by Gasteiger charge is -2.20. The number of hydrogen-bond donors (Lipinski definition) is 1. The second kappa shape index (κ2) is 6.90. The fourth-order valence-electron chi connectivity index (χ4n) is 2.50. The molecular formula is C13H23N. The zero-order valence-corrected chi connectivity index (χ0v) is 9.39. The molecule has 0 aromatic carbocycles. The van der Waals surface area contributed by atoms with E-state index in [0.717, 1.165) is 25.3 Å². The standard InChI is InChI=1S/C13H23N/c1-3-5-10-13(14-4-2)11-12-8-6-7-9-12/h1,12-14H,4-11H2,2H3. The van der Waals surface area contributed by atoms with Crippen molar-refractivity contribution in [3.8, 4) is 12.3 Å². The van der Waals surface area contributed by atoms with Gasteiger partial charge in [-0.3, -0.25) is 0 Å². The Hall–Kier alpha value is -0.480. The molecule has 0 amide bonds. The summed E-state index contributed by atoms with van der Waals surface area (Å²) in [6, 6.07) is 0.666. The topological polar surface area (TPSA) is 12.0 Å². The summed E-state index contributed by atoms with van der Waals surface area (Å²) >= 11 is 0. The molecule has 1 aliphatic carbocycles. The van der Waals surface area contributed by atoms with Crippen molar-refractivity contribution in [1.82, 2.24) is 5.32 Å². The van der Waals surface area contributed by atoms with Crippen molar-refractivity contribution < 1.29 is 0 Å². The maximum absolute atomic E-state index is 5.30. The van der Waals surface area contributed by atoms with Crippen molar-refractivity contribution >= 4 is 0 Å². The second-order valence-corrected chi connectivity index (χ2v) is 4.38. The third-order valence-electron chi connectivity index (χ3n) is 3.22. The Bertz CT molecular complexity index is 174. The molecule has 14 heavy (non-hydrogen) atoms. The minimum atomic E-state index is 0.666. The van der Waals surface area contributed by atoms with E-state index >= 15 is 0 Å². The van der Waals surface area contributed by atoms with E-state index in [2.05, 4.69) is 18.2 Å². The lowest BCUT2D eigenvalue weighted by Crippen LogP contribution is -2.30. The molecule has 80 valence electrons. The number of hydrogen-bond acceptors (Lipinski definition) is 1. The zero-order valence-electron chi connectivity index (χ0n) is 9.39. The average molecular weight is 193 g/mol. The van der Waals surface area contributed by atoms with Gasteiger partial charge in [0.2, 0.25) is 0 Å². The molecule has 1 unspecified atom stereocenters. The highest BCUT2D eigenvalue weighted by Crippen LogP contribution is 2.29. The molecule has 1 rings (SSSR count). The van der Waals surface area contributed by atoms with E-state index in [-0.39, 0.29) is 0 Å². The third-order valence-corrected chi connectivity index (χ3v) is 3.22. The molecule has 1 N–H and O–H groups in total. The van der Waals surface area contributed by atoms with E-state index in [0.29, 0.717) is 6.04 Å². The summed E-state index contributed by atoms with van der Waals surface area (Å²) in [7, 11) is 0. The Morgan fingerprint density at radius 2 is 2.14 bits per heavy atom. The molecule has 0 aliphatic heterocycles. The fourth-order valence-corrected chi connectivity index (χ4v) is 2.50. The first-order valence-electron chi connectivity index (χ1n) is 6.03. The minimum absolute atomic E-state index is 0.666. The molecule has 0 radical (unpaired) electrons. The Morgan fingerprint density at radius 1 is 1.43 bits per heavy atom. The highest BCUT2D eigenvalue weighted by atomic mass is 14.9. The molecule has 0 aromatic rings.